The normalized spacial score (nSPS) is 10.9. The van der Waals surface area contributed by atoms with E-state index in [9.17, 15) is 9.90 Å². The van der Waals surface area contributed by atoms with Gasteiger partial charge in [-0.15, -0.1) is 0 Å². The van der Waals surface area contributed by atoms with Crippen molar-refractivity contribution in [1.29, 1.82) is 0 Å². The Balaban J connectivity index is 0.000000952. The fraction of sp³-hybridized carbons (Fsp3) is 0.781. The van der Waals surface area contributed by atoms with Gasteiger partial charge in [0.25, 0.3) is 0 Å². The van der Waals surface area contributed by atoms with Crippen LogP contribution >= 0.6 is 0 Å². The molecule has 0 heterocycles. The molecule has 1 aromatic rings. The van der Waals surface area contributed by atoms with Crippen molar-refractivity contribution in [3.8, 4) is 0 Å². The van der Waals surface area contributed by atoms with Gasteiger partial charge >= 0.3 is 0 Å². The van der Waals surface area contributed by atoms with Crippen LogP contribution in [0.3, 0.4) is 0 Å². The van der Waals surface area contributed by atoms with E-state index in [1.807, 2.05) is 11.0 Å². The Bertz CT molecular complexity index is 508. The molecule has 0 bridgehead atoms. The van der Waals surface area contributed by atoms with Gasteiger partial charge in [0.1, 0.15) is 0 Å². The molecule has 0 fully saturated rings. The number of unbranched alkanes of at least 4 members (excludes halogenated alkanes) is 15. The van der Waals surface area contributed by atoms with Crippen LogP contribution in [0, 0.1) is 0 Å². The second-order valence-corrected chi connectivity index (χ2v) is 10.3. The van der Waals surface area contributed by atoms with Crippen LogP contribution in [0.15, 0.2) is 30.3 Å². The summed E-state index contributed by atoms with van der Waals surface area (Å²) in [5, 5.41) is 10.1. The van der Waals surface area contributed by atoms with Crippen molar-refractivity contribution in [2.24, 2.45) is 0 Å². The third-order valence-electron chi connectivity index (χ3n) is 6.84. The predicted molar refractivity (Wildman–Crippen MR) is 151 cm³/mol. The summed E-state index contributed by atoms with van der Waals surface area (Å²) in [6.07, 6.45) is 26.0. The summed E-state index contributed by atoms with van der Waals surface area (Å²) in [4.78, 5) is 12.0. The monoisotopic (exact) mass is 489 g/mol. The molecule has 1 aromatic carbocycles. The first-order chi connectivity index (χ1) is 17.1. The van der Waals surface area contributed by atoms with Crippen LogP contribution in [-0.4, -0.2) is 25.6 Å². The number of nitrogens with one attached hydrogen (secondary N) is 1. The molecule has 0 aliphatic heterocycles. The molecule has 0 radical (unpaired) electrons. The van der Waals surface area contributed by atoms with Gasteiger partial charge in [-0.3, -0.25) is 0 Å². The quantitative estimate of drug-likeness (QED) is 0.169. The highest BCUT2D eigenvalue weighted by molar-refractivity contribution is 5.67. The van der Waals surface area contributed by atoms with Crippen molar-refractivity contribution in [1.82, 2.24) is 0 Å². The van der Waals surface area contributed by atoms with Crippen molar-refractivity contribution in [3.63, 3.8) is 0 Å². The van der Waals surface area contributed by atoms with E-state index in [1.54, 1.807) is 24.3 Å². The third-order valence-corrected chi connectivity index (χ3v) is 6.84. The third kappa shape index (κ3) is 25.5. The van der Waals surface area contributed by atoms with Crippen molar-refractivity contribution < 1.29 is 14.8 Å². The highest BCUT2D eigenvalue weighted by atomic mass is 16.4. The Kier molecular flexibility index (Phi) is 26.2. The van der Waals surface area contributed by atoms with E-state index < -0.39 is 5.97 Å². The summed E-state index contributed by atoms with van der Waals surface area (Å²) in [5.41, 5.74) is 0.780. The molecular formula is C32H59NO2. The first-order valence-corrected chi connectivity index (χ1v) is 15.2. The van der Waals surface area contributed by atoms with Crippen molar-refractivity contribution in [3.05, 3.63) is 35.9 Å². The molecule has 0 spiro atoms. The summed E-state index contributed by atoms with van der Waals surface area (Å²) in [6.45, 7) is 11.3. The predicted octanol–water partition coefficient (Wildman–Crippen LogP) is 6.93. The Hall–Kier alpha value is -1.35. The molecule has 0 atom stereocenters. The van der Waals surface area contributed by atoms with Crippen LogP contribution in [0.25, 0.3) is 0 Å². The molecule has 204 valence electrons. The molecule has 1 rings (SSSR count). The average Bonchev–Trinajstić information content (AvgIpc) is 2.85. The van der Waals surface area contributed by atoms with Gasteiger partial charge in [0, 0.05) is 12.4 Å². The Labute approximate surface area is 219 Å². The molecule has 3 heteroatoms. The lowest BCUT2D eigenvalue weighted by Crippen LogP contribution is -3.12. The summed E-state index contributed by atoms with van der Waals surface area (Å²) in [5.74, 6) is -1.04. The van der Waals surface area contributed by atoms with Crippen molar-refractivity contribution >= 4 is 5.97 Å². The van der Waals surface area contributed by atoms with Gasteiger partial charge in [-0.1, -0.05) is 128 Å². The maximum atomic E-state index is 10.1. The van der Waals surface area contributed by atoms with Crippen molar-refractivity contribution in [2.45, 2.75) is 143 Å². The van der Waals surface area contributed by atoms with Crippen LogP contribution in [0.5, 0.6) is 0 Å². The molecule has 0 unspecified atom stereocenters. The van der Waals surface area contributed by atoms with Gasteiger partial charge < -0.3 is 14.8 Å². The first kappa shape index (κ1) is 33.7. The lowest BCUT2D eigenvalue weighted by atomic mass is 10.1. The highest BCUT2D eigenvalue weighted by Crippen LogP contribution is 2.06. The standard InChI is InChI=1S/C24H51N.C8H8O2/c1-4-7-10-13-16-19-22-25(23-20-17-14-11-8-5-2)24-21-18-15-12-9-6-3;9-8(10)6-7-4-2-1-3-5-7/h4-24H2,1-3H3;1-5H,6H2,(H,9,10). The van der Waals surface area contributed by atoms with E-state index >= 15 is 0 Å². The van der Waals surface area contributed by atoms with E-state index in [4.69, 9.17) is 0 Å². The van der Waals surface area contributed by atoms with Crippen LogP contribution < -0.4 is 10.0 Å². The topological polar surface area (TPSA) is 44.6 Å². The zero-order valence-electron chi connectivity index (χ0n) is 23.8. The number of quaternary nitrogens is 1. The van der Waals surface area contributed by atoms with Crippen LogP contribution in [0.4, 0.5) is 0 Å². The number of carbonyl (C=O) groups is 1. The number of benzene rings is 1. The first-order valence-electron chi connectivity index (χ1n) is 15.2. The number of carbonyl (C=O) groups excluding carboxylic acids is 1. The second-order valence-electron chi connectivity index (χ2n) is 10.3. The van der Waals surface area contributed by atoms with Gasteiger partial charge in [-0.25, -0.2) is 0 Å². The zero-order valence-corrected chi connectivity index (χ0v) is 23.8. The molecule has 35 heavy (non-hydrogen) atoms. The number of aliphatic carboxylic acids is 1. The minimum absolute atomic E-state index is 0.000833. The minimum Gasteiger partial charge on any atom is -0.550 e. The number of rotatable bonds is 23. The van der Waals surface area contributed by atoms with E-state index in [2.05, 4.69) is 20.8 Å². The van der Waals surface area contributed by atoms with Gasteiger partial charge in [0.05, 0.1) is 19.6 Å². The number of hydrogen-bond acceptors (Lipinski definition) is 2. The SMILES string of the molecule is CCCCCCCC[NH+](CCCCCCCC)CCCCCCCC.O=C([O-])Cc1ccccc1. The van der Waals surface area contributed by atoms with Gasteiger partial charge in [0.15, 0.2) is 0 Å². The number of hydrogen-bond donors (Lipinski definition) is 1. The summed E-state index contributed by atoms with van der Waals surface area (Å²) < 4.78 is 0. The fourth-order valence-corrected chi connectivity index (χ4v) is 4.60. The molecule has 0 aliphatic carbocycles. The second kappa shape index (κ2) is 27.2. The molecule has 1 N–H and O–H groups in total. The molecular weight excluding hydrogens is 430 g/mol. The summed E-state index contributed by atoms with van der Waals surface area (Å²) >= 11 is 0. The largest absolute Gasteiger partial charge is 0.550 e. The zero-order chi connectivity index (χ0) is 25.8. The van der Waals surface area contributed by atoms with Gasteiger partial charge in [-0.05, 0) is 44.1 Å². The lowest BCUT2D eigenvalue weighted by Gasteiger charge is -2.20. The fourth-order valence-electron chi connectivity index (χ4n) is 4.60. The lowest BCUT2D eigenvalue weighted by molar-refractivity contribution is -0.900. The van der Waals surface area contributed by atoms with Crippen LogP contribution in [-0.2, 0) is 11.2 Å². The van der Waals surface area contributed by atoms with Gasteiger partial charge in [-0.2, -0.15) is 0 Å². The molecule has 0 aromatic heterocycles. The van der Waals surface area contributed by atoms with Crippen LogP contribution in [0.1, 0.15) is 142 Å². The number of carboxylic acids is 1. The van der Waals surface area contributed by atoms with E-state index in [-0.39, 0.29) is 6.42 Å². The van der Waals surface area contributed by atoms with E-state index in [1.165, 1.54) is 135 Å². The summed E-state index contributed by atoms with van der Waals surface area (Å²) in [7, 11) is 0. The molecule has 0 aliphatic rings. The van der Waals surface area contributed by atoms with E-state index in [0.29, 0.717) is 0 Å². The Morgan fingerprint density at radius 2 is 0.914 bits per heavy atom. The Morgan fingerprint density at radius 1 is 0.571 bits per heavy atom. The highest BCUT2D eigenvalue weighted by Gasteiger charge is 2.08. The minimum atomic E-state index is -1.04. The Morgan fingerprint density at radius 3 is 1.26 bits per heavy atom. The van der Waals surface area contributed by atoms with Crippen molar-refractivity contribution in [2.75, 3.05) is 19.6 Å². The maximum absolute atomic E-state index is 10.1. The number of carboxylic acid groups (broad SMARTS) is 1. The van der Waals surface area contributed by atoms with E-state index in [0.717, 1.165) is 5.56 Å². The smallest absolute Gasteiger partial charge is 0.0770 e. The molecule has 3 nitrogen and oxygen atoms in total. The van der Waals surface area contributed by atoms with Gasteiger partial charge in [0.2, 0.25) is 0 Å². The average molecular weight is 490 g/mol. The maximum Gasteiger partial charge on any atom is 0.0770 e. The summed E-state index contributed by atoms with van der Waals surface area (Å²) in [6, 6.07) is 8.97. The molecule has 0 saturated carbocycles. The molecule has 0 amide bonds. The molecule has 0 saturated heterocycles. The van der Waals surface area contributed by atoms with Crippen LogP contribution in [0.2, 0.25) is 0 Å².